The van der Waals surface area contributed by atoms with E-state index in [4.69, 9.17) is 11.6 Å². The van der Waals surface area contributed by atoms with Gasteiger partial charge in [0.1, 0.15) is 0 Å². The first-order valence-corrected chi connectivity index (χ1v) is 7.02. The molecule has 1 heterocycles. The molecule has 1 atom stereocenters. The van der Waals surface area contributed by atoms with Crippen molar-refractivity contribution in [3.8, 4) is 0 Å². The van der Waals surface area contributed by atoms with Gasteiger partial charge >= 0.3 is 0 Å². The van der Waals surface area contributed by atoms with E-state index < -0.39 is 0 Å². The van der Waals surface area contributed by atoms with Gasteiger partial charge in [0.25, 0.3) is 11.5 Å². The molecule has 0 saturated carbocycles. The van der Waals surface area contributed by atoms with Gasteiger partial charge in [-0.15, -0.1) is 11.6 Å². The summed E-state index contributed by atoms with van der Waals surface area (Å²) in [5.74, 6) is 0.139. The van der Waals surface area contributed by atoms with Crippen molar-refractivity contribution in [2.45, 2.75) is 32.1 Å². The number of hydrogen-bond donors (Lipinski definition) is 1. The Kier molecular flexibility index (Phi) is 6.09. The molecule has 1 amide bonds. The molecule has 1 N–H and O–H groups in total. The minimum atomic E-state index is -0.255. The third kappa shape index (κ3) is 4.39. The van der Waals surface area contributed by atoms with Crippen LogP contribution >= 0.6 is 11.6 Å². The van der Waals surface area contributed by atoms with Crippen LogP contribution in [0.5, 0.6) is 0 Å². The molecule has 106 valence electrons. The molecule has 1 aromatic heterocycles. The molecule has 5 heteroatoms. The second kappa shape index (κ2) is 7.34. The Labute approximate surface area is 118 Å². The number of hydrogen-bond acceptors (Lipinski definition) is 2. The van der Waals surface area contributed by atoms with Crippen molar-refractivity contribution < 1.29 is 4.79 Å². The third-order valence-corrected chi connectivity index (χ3v) is 3.90. The molecule has 0 saturated heterocycles. The van der Waals surface area contributed by atoms with E-state index in [-0.39, 0.29) is 16.8 Å². The average Bonchev–Trinajstić information content (AvgIpc) is 2.40. The highest BCUT2D eigenvalue weighted by Gasteiger charge is 2.17. The zero-order valence-electron chi connectivity index (χ0n) is 11.6. The lowest BCUT2D eigenvalue weighted by molar-refractivity contribution is 0.0951. The summed E-state index contributed by atoms with van der Waals surface area (Å²) < 4.78 is 1.42. The predicted octanol–water partition coefficient (Wildman–Crippen LogP) is 2.16. The van der Waals surface area contributed by atoms with Crippen LogP contribution in [-0.2, 0) is 7.05 Å². The SMILES string of the molecule is CCC(CC)C(Cl)CNC(=O)c1ccn(C)c(=O)c1. The number of rotatable bonds is 6. The van der Waals surface area contributed by atoms with Crippen LogP contribution in [0.2, 0.25) is 0 Å². The zero-order chi connectivity index (χ0) is 14.4. The monoisotopic (exact) mass is 284 g/mol. The molecule has 19 heavy (non-hydrogen) atoms. The van der Waals surface area contributed by atoms with Crippen LogP contribution in [0.3, 0.4) is 0 Å². The number of halogens is 1. The van der Waals surface area contributed by atoms with Crippen LogP contribution in [0.15, 0.2) is 23.1 Å². The standard InChI is InChI=1S/C14H21ClN2O2/c1-4-10(5-2)12(15)9-16-14(19)11-6-7-17(3)13(18)8-11/h6-8,10,12H,4-5,9H2,1-3H3,(H,16,19). The third-order valence-electron chi connectivity index (χ3n) is 3.38. The van der Waals surface area contributed by atoms with Gasteiger partial charge in [-0.1, -0.05) is 26.7 Å². The first kappa shape index (κ1) is 15.8. The van der Waals surface area contributed by atoms with Gasteiger partial charge in [-0.2, -0.15) is 0 Å². The fraction of sp³-hybridized carbons (Fsp3) is 0.571. The van der Waals surface area contributed by atoms with E-state index in [1.807, 2.05) is 0 Å². The number of nitrogens with one attached hydrogen (secondary N) is 1. The normalized spacial score (nSPS) is 12.5. The summed E-state index contributed by atoms with van der Waals surface area (Å²) >= 11 is 6.25. The number of alkyl halides is 1. The number of nitrogens with zero attached hydrogens (tertiary/aromatic N) is 1. The first-order chi connectivity index (χ1) is 8.99. The summed E-state index contributed by atoms with van der Waals surface area (Å²) in [7, 11) is 1.64. The molecule has 0 bridgehead atoms. The van der Waals surface area contributed by atoms with Gasteiger partial charge in [0.15, 0.2) is 0 Å². The topological polar surface area (TPSA) is 51.1 Å². The first-order valence-electron chi connectivity index (χ1n) is 6.58. The Bertz CT molecular complexity index is 481. The molecule has 0 spiro atoms. The van der Waals surface area contributed by atoms with E-state index in [9.17, 15) is 9.59 Å². The molecule has 0 aliphatic carbocycles. The fourth-order valence-corrected chi connectivity index (χ4v) is 2.38. The molecule has 0 aromatic carbocycles. The molecule has 1 unspecified atom stereocenters. The minimum Gasteiger partial charge on any atom is -0.351 e. The molecular formula is C14H21ClN2O2. The van der Waals surface area contributed by atoms with Crippen molar-refractivity contribution in [2.75, 3.05) is 6.54 Å². The van der Waals surface area contributed by atoms with Crippen LogP contribution in [0, 0.1) is 5.92 Å². The van der Waals surface area contributed by atoms with Crippen LogP contribution in [0.25, 0.3) is 0 Å². The average molecular weight is 285 g/mol. The predicted molar refractivity (Wildman–Crippen MR) is 77.7 cm³/mol. The van der Waals surface area contributed by atoms with Gasteiger partial charge in [0.05, 0.1) is 5.38 Å². The maximum absolute atomic E-state index is 11.9. The van der Waals surface area contributed by atoms with Gasteiger partial charge in [-0.25, -0.2) is 0 Å². The molecule has 1 rings (SSSR count). The van der Waals surface area contributed by atoms with Crippen LogP contribution < -0.4 is 10.9 Å². The van der Waals surface area contributed by atoms with Crippen molar-refractivity contribution in [1.82, 2.24) is 9.88 Å². The highest BCUT2D eigenvalue weighted by atomic mass is 35.5. The van der Waals surface area contributed by atoms with E-state index >= 15 is 0 Å². The Balaban J connectivity index is 2.60. The van der Waals surface area contributed by atoms with Crippen molar-refractivity contribution in [2.24, 2.45) is 13.0 Å². The smallest absolute Gasteiger partial charge is 0.251 e. The van der Waals surface area contributed by atoms with E-state index in [1.165, 1.54) is 10.6 Å². The number of amides is 1. The molecule has 4 nitrogen and oxygen atoms in total. The van der Waals surface area contributed by atoms with Gasteiger partial charge in [-0.05, 0) is 12.0 Å². The zero-order valence-corrected chi connectivity index (χ0v) is 12.4. The quantitative estimate of drug-likeness (QED) is 0.814. The molecular weight excluding hydrogens is 264 g/mol. The van der Waals surface area contributed by atoms with Gasteiger partial charge in [0.2, 0.25) is 0 Å². The minimum absolute atomic E-state index is 0.0782. The number of carbonyl (C=O) groups is 1. The van der Waals surface area contributed by atoms with Crippen molar-refractivity contribution in [3.63, 3.8) is 0 Å². The second-order valence-corrected chi connectivity index (χ2v) is 5.23. The molecule has 1 aromatic rings. The summed E-state index contributed by atoms with van der Waals surface area (Å²) in [5, 5.41) is 2.70. The lowest BCUT2D eigenvalue weighted by atomic mass is 9.99. The Morgan fingerprint density at radius 1 is 1.42 bits per heavy atom. The highest BCUT2D eigenvalue weighted by molar-refractivity contribution is 6.21. The van der Waals surface area contributed by atoms with E-state index in [0.29, 0.717) is 18.0 Å². The number of aryl methyl sites for hydroxylation is 1. The molecule has 0 fully saturated rings. The molecule has 0 aliphatic rings. The number of pyridine rings is 1. The Morgan fingerprint density at radius 2 is 2.05 bits per heavy atom. The summed E-state index contributed by atoms with van der Waals surface area (Å²) in [6.45, 7) is 4.60. The van der Waals surface area contributed by atoms with E-state index in [0.717, 1.165) is 12.8 Å². The molecule has 0 radical (unpaired) electrons. The highest BCUT2D eigenvalue weighted by Crippen LogP contribution is 2.17. The summed E-state index contributed by atoms with van der Waals surface area (Å²) in [5.41, 5.74) is 0.173. The van der Waals surface area contributed by atoms with Gasteiger partial charge in [-0.3, -0.25) is 9.59 Å². The van der Waals surface area contributed by atoms with Crippen molar-refractivity contribution in [1.29, 1.82) is 0 Å². The molecule has 0 aliphatic heterocycles. The largest absolute Gasteiger partial charge is 0.351 e. The summed E-state index contributed by atoms with van der Waals surface area (Å²) in [6.07, 6.45) is 3.56. The van der Waals surface area contributed by atoms with E-state index in [1.54, 1.807) is 19.3 Å². The Morgan fingerprint density at radius 3 is 2.58 bits per heavy atom. The van der Waals surface area contributed by atoms with Crippen molar-refractivity contribution >= 4 is 17.5 Å². The van der Waals surface area contributed by atoms with Crippen LogP contribution in [-0.4, -0.2) is 22.4 Å². The Hall–Kier alpha value is -1.29. The second-order valence-electron chi connectivity index (χ2n) is 4.67. The summed E-state index contributed by atoms with van der Waals surface area (Å²) in [6, 6.07) is 2.95. The fourth-order valence-electron chi connectivity index (χ4n) is 1.95. The lowest BCUT2D eigenvalue weighted by Gasteiger charge is -2.19. The number of aromatic nitrogens is 1. The lowest BCUT2D eigenvalue weighted by Crippen LogP contribution is -2.33. The van der Waals surface area contributed by atoms with Gasteiger partial charge in [0, 0.05) is 31.4 Å². The van der Waals surface area contributed by atoms with Gasteiger partial charge < -0.3 is 9.88 Å². The van der Waals surface area contributed by atoms with Crippen molar-refractivity contribution in [3.05, 3.63) is 34.2 Å². The van der Waals surface area contributed by atoms with Crippen LogP contribution in [0.1, 0.15) is 37.0 Å². The maximum atomic E-state index is 11.9. The van der Waals surface area contributed by atoms with Crippen LogP contribution in [0.4, 0.5) is 0 Å². The summed E-state index contributed by atoms with van der Waals surface area (Å²) in [4.78, 5) is 23.3. The van der Waals surface area contributed by atoms with E-state index in [2.05, 4.69) is 19.2 Å². The maximum Gasteiger partial charge on any atom is 0.251 e. The number of carbonyl (C=O) groups excluding carboxylic acids is 1.